The molecule has 2 aliphatic rings. The lowest BCUT2D eigenvalue weighted by Gasteiger charge is -2.27. The van der Waals surface area contributed by atoms with Gasteiger partial charge in [0.15, 0.2) is 0 Å². The molecular formula is C12H18. The lowest BCUT2D eigenvalue weighted by molar-refractivity contribution is 0.413. The smallest absolute Gasteiger partial charge is 0.0111 e. The zero-order valence-electron chi connectivity index (χ0n) is 8.30. The van der Waals surface area contributed by atoms with Gasteiger partial charge in [0.1, 0.15) is 0 Å². The molecule has 1 saturated carbocycles. The lowest BCUT2D eigenvalue weighted by Crippen LogP contribution is -2.17. The maximum atomic E-state index is 2.40. The molecule has 0 spiro atoms. The Balaban J connectivity index is 2.32. The average Bonchev–Trinajstić information content (AvgIpc) is 2.42. The van der Waals surface area contributed by atoms with E-state index in [0.29, 0.717) is 0 Å². The summed E-state index contributed by atoms with van der Waals surface area (Å²) in [5, 5.41) is 0. The second-order valence-electron chi connectivity index (χ2n) is 4.51. The van der Waals surface area contributed by atoms with Gasteiger partial charge in [-0.3, -0.25) is 0 Å². The number of allylic oxidation sites excluding steroid dienone is 4. The van der Waals surface area contributed by atoms with E-state index in [1.54, 1.807) is 11.1 Å². The highest BCUT2D eigenvalue weighted by Gasteiger charge is 2.36. The summed E-state index contributed by atoms with van der Waals surface area (Å²) in [7, 11) is 0. The summed E-state index contributed by atoms with van der Waals surface area (Å²) in [5.74, 6) is 2.66. The molecule has 0 heteroatoms. The van der Waals surface area contributed by atoms with E-state index >= 15 is 0 Å². The standard InChI is InChI=1S/C12H18/c1-8-4-5-9(2)12-10(3)6-7-11(8)12/h4-5,10-12H,6-7H2,1-3H3. The van der Waals surface area contributed by atoms with Gasteiger partial charge in [0.25, 0.3) is 0 Å². The summed E-state index contributed by atoms with van der Waals surface area (Å²) in [6.45, 7) is 6.99. The van der Waals surface area contributed by atoms with Gasteiger partial charge in [-0.15, -0.1) is 0 Å². The summed E-state index contributed by atoms with van der Waals surface area (Å²) in [4.78, 5) is 0. The number of hydrogen-bond acceptors (Lipinski definition) is 0. The minimum absolute atomic E-state index is 0.870. The number of rotatable bonds is 0. The van der Waals surface area contributed by atoms with Gasteiger partial charge in [-0.1, -0.05) is 30.2 Å². The highest BCUT2D eigenvalue weighted by molar-refractivity contribution is 5.29. The van der Waals surface area contributed by atoms with Crippen LogP contribution in [0.4, 0.5) is 0 Å². The van der Waals surface area contributed by atoms with Crippen LogP contribution in [0.2, 0.25) is 0 Å². The molecule has 0 aliphatic heterocycles. The second-order valence-corrected chi connectivity index (χ2v) is 4.51. The highest BCUT2D eigenvalue weighted by Crippen LogP contribution is 2.46. The van der Waals surface area contributed by atoms with Crippen LogP contribution in [0.5, 0.6) is 0 Å². The minimum atomic E-state index is 0.870. The van der Waals surface area contributed by atoms with E-state index in [0.717, 1.165) is 17.8 Å². The Morgan fingerprint density at radius 3 is 2.42 bits per heavy atom. The monoisotopic (exact) mass is 162 g/mol. The quantitative estimate of drug-likeness (QED) is 0.511. The van der Waals surface area contributed by atoms with E-state index in [9.17, 15) is 0 Å². The first kappa shape index (κ1) is 8.10. The van der Waals surface area contributed by atoms with Crippen molar-refractivity contribution in [2.45, 2.75) is 33.6 Å². The van der Waals surface area contributed by atoms with Gasteiger partial charge in [-0.2, -0.15) is 0 Å². The third kappa shape index (κ3) is 1.05. The van der Waals surface area contributed by atoms with Crippen LogP contribution in [0.1, 0.15) is 33.6 Å². The van der Waals surface area contributed by atoms with Crippen molar-refractivity contribution in [3.63, 3.8) is 0 Å². The van der Waals surface area contributed by atoms with Gasteiger partial charge in [-0.05, 0) is 44.4 Å². The van der Waals surface area contributed by atoms with Crippen LogP contribution in [0, 0.1) is 17.8 Å². The SMILES string of the molecule is CC1=CC=C(C)C2C(C)CCC12. The number of hydrogen-bond donors (Lipinski definition) is 0. The number of fused-ring (bicyclic) bond motifs is 1. The first-order chi connectivity index (χ1) is 5.70. The Kier molecular flexibility index (Phi) is 1.86. The minimum Gasteiger partial charge on any atom is -0.0696 e. The van der Waals surface area contributed by atoms with E-state index in [1.807, 2.05) is 0 Å². The maximum Gasteiger partial charge on any atom is -0.0111 e. The topological polar surface area (TPSA) is 0 Å². The highest BCUT2D eigenvalue weighted by atomic mass is 14.4. The van der Waals surface area contributed by atoms with Crippen molar-refractivity contribution in [2.24, 2.45) is 17.8 Å². The molecule has 0 radical (unpaired) electrons. The third-order valence-corrected chi connectivity index (χ3v) is 3.70. The Bertz CT molecular complexity index is 245. The van der Waals surface area contributed by atoms with Gasteiger partial charge < -0.3 is 0 Å². The van der Waals surface area contributed by atoms with Crippen LogP contribution in [-0.2, 0) is 0 Å². The normalized spacial score (nSPS) is 40.4. The predicted octanol–water partition coefficient (Wildman–Crippen LogP) is 3.55. The molecule has 0 nitrogen and oxygen atoms in total. The van der Waals surface area contributed by atoms with Gasteiger partial charge in [0.05, 0.1) is 0 Å². The first-order valence-corrected chi connectivity index (χ1v) is 5.05. The van der Waals surface area contributed by atoms with Crippen LogP contribution < -0.4 is 0 Å². The molecule has 0 bridgehead atoms. The second kappa shape index (κ2) is 2.76. The molecule has 0 heterocycles. The fourth-order valence-corrected chi connectivity index (χ4v) is 2.97. The first-order valence-electron chi connectivity index (χ1n) is 5.05. The van der Waals surface area contributed by atoms with Crippen molar-refractivity contribution in [3.05, 3.63) is 23.3 Å². The van der Waals surface area contributed by atoms with Crippen LogP contribution in [0.3, 0.4) is 0 Å². The molecule has 2 aliphatic carbocycles. The predicted molar refractivity (Wildman–Crippen MR) is 52.9 cm³/mol. The van der Waals surface area contributed by atoms with Crippen molar-refractivity contribution >= 4 is 0 Å². The van der Waals surface area contributed by atoms with Crippen LogP contribution in [0.25, 0.3) is 0 Å². The molecule has 66 valence electrons. The van der Waals surface area contributed by atoms with E-state index in [-0.39, 0.29) is 0 Å². The molecule has 1 fully saturated rings. The summed E-state index contributed by atoms with van der Waals surface area (Å²) in [6.07, 6.45) is 7.47. The van der Waals surface area contributed by atoms with Crippen molar-refractivity contribution < 1.29 is 0 Å². The lowest BCUT2D eigenvalue weighted by atomic mass is 9.78. The van der Waals surface area contributed by atoms with Gasteiger partial charge >= 0.3 is 0 Å². The molecule has 0 saturated heterocycles. The fourth-order valence-electron chi connectivity index (χ4n) is 2.97. The van der Waals surface area contributed by atoms with E-state index in [4.69, 9.17) is 0 Å². The molecule has 0 amide bonds. The molecule has 0 aromatic carbocycles. The molecule has 0 N–H and O–H groups in total. The van der Waals surface area contributed by atoms with E-state index in [2.05, 4.69) is 32.9 Å². The van der Waals surface area contributed by atoms with Gasteiger partial charge in [-0.25, -0.2) is 0 Å². The van der Waals surface area contributed by atoms with E-state index in [1.165, 1.54) is 12.8 Å². The Labute approximate surface area is 75.4 Å². The molecule has 0 aromatic heterocycles. The van der Waals surface area contributed by atoms with Gasteiger partial charge in [0, 0.05) is 0 Å². The van der Waals surface area contributed by atoms with Crippen LogP contribution in [0.15, 0.2) is 23.3 Å². The van der Waals surface area contributed by atoms with Crippen molar-refractivity contribution in [3.8, 4) is 0 Å². The molecule has 3 atom stereocenters. The largest absolute Gasteiger partial charge is 0.0696 e. The van der Waals surface area contributed by atoms with Crippen molar-refractivity contribution in [1.29, 1.82) is 0 Å². The van der Waals surface area contributed by atoms with Crippen LogP contribution in [-0.4, -0.2) is 0 Å². The Hall–Kier alpha value is -0.520. The van der Waals surface area contributed by atoms with Crippen molar-refractivity contribution in [1.82, 2.24) is 0 Å². The van der Waals surface area contributed by atoms with E-state index < -0.39 is 0 Å². The molecule has 2 rings (SSSR count). The zero-order chi connectivity index (χ0) is 8.72. The average molecular weight is 162 g/mol. The molecule has 0 aromatic rings. The third-order valence-electron chi connectivity index (χ3n) is 3.70. The molecule has 12 heavy (non-hydrogen) atoms. The summed E-state index contributed by atoms with van der Waals surface area (Å²) >= 11 is 0. The Morgan fingerprint density at radius 1 is 1.08 bits per heavy atom. The molecule has 3 unspecified atom stereocenters. The van der Waals surface area contributed by atoms with Crippen molar-refractivity contribution in [2.75, 3.05) is 0 Å². The van der Waals surface area contributed by atoms with Crippen LogP contribution >= 0.6 is 0 Å². The maximum absolute atomic E-state index is 2.40. The van der Waals surface area contributed by atoms with Gasteiger partial charge in [0.2, 0.25) is 0 Å². The summed E-state index contributed by atoms with van der Waals surface area (Å²) in [5.41, 5.74) is 3.21. The summed E-state index contributed by atoms with van der Waals surface area (Å²) < 4.78 is 0. The molecular weight excluding hydrogens is 144 g/mol. The fraction of sp³-hybridized carbons (Fsp3) is 0.667. The zero-order valence-corrected chi connectivity index (χ0v) is 8.30. The summed E-state index contributed by atoms with van der Waals surface area (Å²) in [6, 6.07) is 0. The Morgan fingerprint density at radius 2 is 1.75 bits per heavy atom.